The summed E-state index contributed by atoms with van der Waals surface area (Å²) in [6.07, 6.45) is 3.30. The largest absolute Gasteiger partial charge is 0.328 e. The van der Waals surface area contributed by atoms with E-state index in [-0.39, 0.29) is 11.9 Å². The van der Waals surface area contributed by atoms with E-state index in [1.165, 1.54) is 12.4 Å². The third-order valence-electron chi connectivity index (χ3n) is 2.75. The highest BCUT2D eigenvalue weighted by Gasteiger charge is 2.24. The van der Waals surface area contributed by atoms with Gasteiger partial charge in [-0.3, -0.25) is 10.1 Å². The van der Waals surface area contributed by atoms with E-state index in [1.54, 1.807) is 6.92 Å². The van der Waals surface area contributed by atoms with E-state index >= 15 is 0 Å². The summed E-state index contributed by atoms with van der Waals surface area (Å²) >= 11 is 0. The number of nitrogens with zero attached hydrogens (tertiary/aromatic N) is 3. The minimum atomic E-state index is -1.29. The molecule has 1 heterocycles. The molecule has 0 bridgehead atoms. The highest BCUT2D eigenvalue weighted by Crippen LogP contribution is 2.29. The molecule has 1 atom stereocenters. The summed E-state index contributed by atoms with van der Waals surface area (Å²) in [7, 11) is 0. The quantitative estimate of drug-likeness (QED) is 0.689. The van der Waals surface area contributed by atoms with Crippen molar-refractivity contribution in [1.82, 2.24) is 9.97 Å². The van der Waals surface area contributed by atoms with Crippen LogP contribution in [0, 0.1) is 21.7 Å². The molecule has 8 heteroatoms. The van der Waals surface area contributed by atoms with Crippen molar-refractivity contribution in [2.24, 2.45) is 5.73 Å². The van der Waals surface area contributed by atoms with Gasteiger partial charge in [-0.25, -0.2) is 14.4 Å². The van der Waals surface area contributed by atoms with Crippen molar-refractivity contribution in [2.45, 2.75) is 19.4 Å². The van der Waals surface area contributed by atoms with Crippen LogP contribution in [0.5, 0.6) is 0 Å². The standard InChI is InChI=1S/C13H12F2N4O2/c1-7(16)4-8-5-17-13(18-6-8)11-9(14)2-3-10(12(11)15)19(20)21/h2-3,5-7H,4,16H2,1H3. The van der Waals surface area contributed by atoms with Crippen molar-refractivity contribution < 1.29 is 13.7 Å². The molecule has 1 aromatic heterocycles. The summed E-state index contributed by atoms with van der Waals surface area (Å²) in [5.74, 6) is -2.50. The van der Waals surface area contributed by atoms with Crippen molar-refractivity contribution in [1.29, 1.82) is 0 Å². The maximum Gasteiger partial charge on any atom is 0.305 e. The summed E-state index contributed by atoms with van der Waals surface area (Å²) in [5.41, 5.74) is 4.89. The van der Waals surface area contributed by atoms with E-state index in [1.807, 2.05) is 0 Å². The van der Waals surface area contributed by atoms with Gasteiger partial charge in [0.15, 0.2) is 5.82 Å². The Labute approximate surface area is 118 Å². The molecule has 0 radical (unpaired) electrons. The van der Waals surface area contributed by atoms with Crippen LogP contribution >= 0.6 is 0 Å². The molecule has 1 unspecified atom stereocenters. The molecular formula is C13H12F2N4O2. The van der Waals surface area contributed by atoms with Crippen LogP contribution in [-0.2, 0) is 6.42 Å². The van der Waals surface area contributed by atoms with Gasteiger partial charge in [0, 0.05) is 24.5 Å². The number of nitro groups is 1. The van der Waals surface area contributed by atoms with Crippen molar-refractivity contribution >= 4 is 5.69 Å². The molecule has 0 aliphatic rings. The highest BCUT2D eigenvalue weighted by molar-refractivity contribution is 5.61. The first-order valence-corrected chi connectivity index (χ1v) is 6.09. The van der Waals surface area contributed by atoms with E-state index in [0.29, 0.717) is 12.0 Å². The van der Waals surface area contributed by atoms with Gasteiger partial charge in [0.05, 0.1) is 10.5 Å². The number of benzene rings is 1. The Kier molecular flexibility index (Phi) is 4.18. The fourth-order valence-corrected chi connectivity index (χ4v) is 1.85. The molecule has 2 N–H and O–H groups in total. The monoisotopic (exact) mass is 294 g/mol. The maximum absolute atomic E-state index is 14.0. The first-order valence-electron chi connectivity index (χ1n) is 6.09. The Morgan fingerprint density at radius 3 is 2.48 bits per heavy atom. The van der Waals surface area contributed by atoms with E-state index in [0.717, 1.165) is 12.1 Å². The van der Waals surface area contributed by atoms with Crippen molar-refractivity contribution in [3.05, 3.63) is 51.8 Å². The van der Waals surface area contributed by atoms with Gasteiger partial charge in [-0.15, -0.1) is 0 Å². The molecule has 21 heavy (non-hydrogen) atoms. The number of rotatable bonds is 4. The second-order valence-corrected chi connectivity index (χ2v) is 4.61. The molecule has 2 aromatic rings. The Morgan fingerprint density at radius 1 is 1.33 bits per heavy atom. The van der Waals surface area contributed by atoms with Crippen LogP contribution in [0.25, 0.3) is 11.4 Å². The average Bonchev–Trinajstić information content (AvgIpc) is 2.39. The van der Waals surface area contributed by atoms with Gasteiger partial charge < -0.3 is 5.73 Å². The highest BCUT2D eigenvalue weighted by atomic mass is 19.1. The molecule has 1 aromatic carbocycles. The van der Waals surface area contributed by atoms with Crippen LogP contribution in [-0.4, -0.2) is 20.9 Å². The smallest absolute Gasteiger partial charge is 0.305 e. The van der Waals surface area contributed by atoms with E-state index in [9.17, 15) is 18.9 Å². The SMILES string of the molecule is CC(N)Cc1cnc(-c2c(F)ccc([N+](=O)[O-])c2F)nc1. The number of hydrogen-bond donors (Lipinski definition) is 1. The summed E-state index contributed by atoms with van der Waals surface area (Å²) in [6.45, 7) is 1.80. The van der Waals surface area contributed by atoms with Gasteiger partial charge in [0.2, 0.25) is 5.82 Å². The topological polar surface area (TPSA) is 94.9 Å². The molecule has 6 nitrogen and oxygen atoms in total. The van der Waals surface area contributed by atoms with Gasteiger partial charge in [-0.2, -0.15) is 4.39 Å². The summed E-state index contributed by atoms with van der Waals surface area (Å²) in [5, 5.41) is 10.7. The van der Waals surface area contributed by atoms with Crippen molar-refractivity contribution in [2.75, 3.05) is 0 Å². The fraction of sp³-hybridized carbons (Fsp3) is 0.231. The minimum absolute atomic E-state index is 0.106. The predicted octanol–water partition coefficient (Wildman–Crippen LogP) is 2.22. The van der Waals surface area contributed by atoms with Gasteiger partial charge in [-0.1, -0.05) is 0 Å². The lowest BCUT2D eigenvalue weighted by molar-refractivity contribution is -0.387. The lowest BCUT2D eigenvalue weighted by Gasteiger charge is -2.07. The third kappa shape index (κ3) is 3.16. The number of nitro benzene ring substituents is 1. The molecule has 2 rings (SSSR count). The van der Waals surface area contributed by atoms with Gasteiger partial charge in [-0.05, 0) is 25.0 Å². The van der Waals surface area contributed by atoms with Crippen LogP contribution < -0.4 is 5.73 Å². The minimum Gasteiger partial charge on any atom is -0.328 e. The molecular weight excluding hydrogens is 282 g/mol. The fourth-order valence-electron chi connectivity index (χ4n) is 1.85. The van der Waals surface area contributed by atoms with Gasteiger partial charge >= 0.3 is 5.69 Å². The Morgan fingerprint density at radius 2 is 1.95 bits per heavy atom. The second-order valence-electron chi connectivity index (χ2n) is 4.61. The molecule has 0 spiro atoms. The Hall–Kier alpha value is -2.48. The number of aromatic nitrogens is 2. The van der Waals surface area contributed by atoms with Crippen LogP contribution in [0.4, 0.5) is 14.5 Å². The molecule has 110 valence electrons. The van der Waals surface area contributed by atoms with E-state index < -0.39 is 27.8 Å². The average molecular weight is 294 g/mol. The Balaban J connectivity index is 2.46. The lowest BCUT2D eigenvalue weighted by Crippen LogP contribution is -2.18. The number of hydrogen-bond acceptors (Lipinski definition) is 5. The van der Waals surface area contributed by atoms with Crippen molar-refractivity contribution in [3.63, 3.8) is 0 Å². The second kappa shape index (κ2) is 5.88. The molecule has 0 aliphatic carbocycles. The molecule has 0 saturated heterocycles. The van der Waals surface area contributed by atoms with Crippen LogP contribution in [0.3, 0.4) is 0 Å². The third-order valence-corrected chi connectivity index (χ3v) is 2.75. The summed E-state index contributed by atoms with van der Waals surface area (Å²) < 4.78 is 27.7. The summed E-state index contributed by atoms with van der Waals surface area (Å²) in [6, 6.07) is 1.47. The lowest BCUT2D eigenvalue weighted by atomic mass is 10.1. The first-order chi connectivity index (χ1) is 9.90. The summed E-state index contributed by atoms with van der Waals surface area (Å²) in [4.78, 5) is 17.5. The zero-order valence-electron chi connectivity index (χ0n) is 11.1. The molecule has 0 amide bonds. The zero-order chi connectivity index (χ0) is 15.6. The normalized spacial score (nSPS) is 12.2. The van der Waals surface area contributed by atoms with Crippen LogP contribution in [0.15, 0.2) is 24.5 Å². The first kappa shape index (κ1) is 14.9. The Bertz CT molecular complexity index is 675. The molecule has 0 fully saturated rings. The maximum atomic E-state index is 14.0. The number of halogens is 2. The van der Waals surface area contributed by atoms with Gasteiger partial charge in [0.25, 0.3) is 0 Å². The van der Waals surface area contributed by atoms with Gasteiger partial charge in [0.1, 0.15) is 5.82 Å². The van der Waals surface area contributed by atoms with Crippen molar-refractivity contribution in [3.8, 4) is 11.4 Å². The molecule has 0 aliphatic heterocycles. The zero-order valence-corrected chi connectivity index (χ0v) is 11.1. The van der Waals surface area contributed by atoms with Crippen LogP contribution in [0.2, 0.25) is 0 Å². The van der Waals surface area contributed by atoms with Crippen LogP contribution in [0.1, 0.15) is 12.5 Å². The van der Waals surface area contributed by atoms with E-state index in [2.05, 4.69) is 9.97 Å². The predicted molar refractivity (Wildman–Crippen MR) is 71.4 cm³/mol. The van der Waals surface area contributed by atoms with E-state index in [4.69, 9.17) is 5.73 Å². The number of nitrogens with two attached hydrogens (primary N) is 1. The molecule has 0 saturated carbocycles.